The van der Waals surface area contributed by atoms with Gasteiger partial charge in [-0.05, 0) is 24.1 Å². The molecule has 34 heavy (non-hydrogen) atoms. The molecular weight excluding hydrogens is 438 g/mol. The molecule has 1 heterocycles. The number of nitrogens with zero attached hydrogens (tertiary/aromatic N) is 3. The van der Waals surface area contributed by atoms with Gasteiger partial charge in [0.25, 0.3) is 0 Å². The molecule has 3 aromatic rings. The number of carbonyl (C=O) groups excluding carboxylic acids is 1. The van der Waals surface area contributed by atoms with Gasteiger partial charge >= 0.3 is 0 Å². The fraction of sp³-hybridized carbons (Fsp3) is 0.375. The lowest BCUT2D eigenvalue weighted by Gasteiger charge is -2.19. The van der Waals surface area contributed by atoms with Gasteiger partial charge in [0.15, 0.2) is 11.5 Å². The molecule has 1 amide bonds. The van der Waals surface area contributed by atoms with Gasteiger partial charge in [-0.2, -0.15) is 0 Å². The van der Waals surface area contributed by atoms with E-state index < -0.39 is 6.04 Å². The Morgan fingerprint density at radius 2 is 1.68 bits per heavy atom. The summed E-state index contributed by atoms with van der Waals surface area (Å²) in [5.74, 6) is 1.73. The first-order valence-electron chi connectivity index (χ1n) is 10.8. The quantitative estimate of drug-likeness (QED) is 0.464. The number of ether oxygens (including phenoxy) is 4. The SMILES string of the molecule is CCC(C)C(N)C(=O)Nc1cc(-c2cnnn2-c2cc(OC)c(OC)c(OC)c2)ccc1OC. The van der Waals surface area contributed by atoms with E-state index in [2.05, 4.69) is 15.6 Å². The number of methoxy groups -OCH3 is 4. The summed E-state index contributed by atoms with van der Waals surface area (Å²) in [7, 11) is 6.18. The van der Waals surface area contributed by atoms with Gasteiger partial charge in [-0.3, -0.25) is 4.79 Å². The average Bonchev–Trinajstić information content (AvgIpc) is 3.36. The Morgan fingerprint density at radius 1 is 1.03 bits per heavy atom. The van der Waals surface area contributed by atoms with Crippen LogP contribution in [0.5, 0.6) is 23.0 Å². The summed E-state index contributed by atoms with van der Waals surface area (Å²) in [6.07, 6.45) is 2.42. The summed E-state index contributed by atoms with van der Waals surface area (Å²) < 4.78 is 23.4. The van der Waals surface area contributed by atoms with Crippen molar-refractivity contribution in [3.8, 4) is 39.9 Å². The molecule has 0 saturated heterocycles. The third-order valence-corrected chi connectivity index (χ3v) is 5.76. The smallest absolute Gasteiger partial charge is 0.241 e. The molecule has 2 aromatic carbocycles. The van der Waals surface area contributed by atoms with Crippen molar-refractivity contribution in [1.29, 1.82) is 0 Å². The zero-order valence-corrected chi connectivity index (χ0v) is 20.3. The fourth-order valence-electron chi connectivity index (χ4n) is 3.51. The Bertz CT molecular complexity index is 1120. The van der Waals surface area contributed by atoms with Crippen molar-refractivity contribution in [2.75, 3.05) is 33.8 Å². The van der Waals surface area contributed by atoms with E-state index in [1.807, 2.05) is 19.9 Å². The van der Waals surface area contributed by atoms with Crippen molar-refractivity contribution in [2.45, 2.75) is 26.3 Å². The van der Waals surface area contributed by atoms with Gasteiger partial charge in [0, 0.05) is 17.7 Å². The van der Waals surface area contributed by atoms with E-state index in [0.717, 1.165) is 12.0 Å². The van der Waals surface area contributed by atoms with Gasteiger partial charge in [-0.1, -0.05) is 25.5 Å². The average molecular weight is 470 g/mol. The van der Waals surface area contributed by atoms with Gasteiger partial charge in [0.05, 0.1) is 57.7 Å². The van der Waals surface area contributed by atoms with Crippen LogP contribution in [0.25, 0.3) is 16.9 Å². The van der Waals surface area contributed by atoms with Crippen LogP contribution in [0.15, 0.2) is 36.5 Å². The Labute approximate surface area is 198 Å². The van der Waals surface area contributed by atoms with E-state index in [0.29, 0.717) is 40.1 Å². The number of hydrogen-bond acceptors (Lipinski definition) is 8. The molecule has 0 radical (unpaired) electrons. The molecule has 10 heteroatoms. The Hall–Kier alpha value is -3.79. The van der Waals surface area contributed by atoms with Crippen LogP contribution in [0.2, 0.25) is 0 Å². The maximum absolute atomic E-state index is 12.7. The maximum atomic E-state index is 12.7. The number of hydrogen-bond donors (Lipinski definition) is 2. The molecular formula is C24H31N5O5. The van der Waals surface area contributed by atoms with E-state index in [9.17, 15) is 4.79 Å². The third kappa shape index (κ3) is 4.91. The number of nitrogens with one attached hydrogen (secondary N) is 1. The third-order valence-electron chi connectivity index (χ3n) is 5.76. The van der Waals surface area contributed by atoms with Crippen LogP contribution in [-0.4, -0.2) is 55.4 Å². The molecule has 2 atom stereocenters. The molecule has 3 rings (SSSR count). The lowest BCUT2D eigenvalue weighted by atomic mass is 9.99. The van der Waals surface area contributed by atoms with E-state index in [-0.39, 0.29) is 11.8 Å². The molecule has 0 bridgehead atoms. The minimum absolute atomic E-state index is 0.0415. The van der Waals surface area contributed by atoms with E-state index in [1.54, 1.807) is 63.6 Å². The van der Waals surface area contributed by atoms with Crippen molar-refractivity contribution in [2.24, 2.45) is 11.7 Å². The molecule has 0 fully saturated rings. The van der Waals surface area contributed by atoms with Gasteiger partial charge in [0.2, 0.25) is 11.7 Å². The first kappa shape index (κ1) is 24.8. The number of benzene rings is 2. The molecule has 182 valence electrons. The number of rotatable bonds is 10. The second-order valence-corrected chi connectivity index (χ2v) is 7.73. The number of nitrogens with two attached hydrogens (primary N) is 1. The van der Waals surface area contributed by atoms with Gasteiger partial charge < -0.3 is 30.0 Å². The van der Waals surface area contributed by atoms with Crippen molar-refractivity contribution in [3.63, 3.8) is 0 Å². The van der Waals surface area contributed by atoms with Gasteiger partial charge in [-0.15, -0.1) is 5.10 Å². The van der Waals surface area contributed by atoms with E-state index >= 15 is 0 Å². The Kier molecular flexibility index (Phi) is 7.95. The molecule has 3 N–H and O–H groups in total. The molecule has 1 aromatic heterocycles. The van der Waals surface area contributed by atoms with Crippen LogP contribution in [0.1, 0.15) is 20.3 Å². The van der Waals surface area contributed by atoms with Crippen LogP contribution in [-0.2, 0) is 4.79 Å². The summed E-state index contributed by atoms with van der Waals surface area (Å²) >= 11 is 0. The van der Waals surface area contributed by atoms with E-state index in [4.69, 9.17) is 24.7 Å². The summed E-state index contributed by atoms with van der Waals surface area (Å²) in [6.45, 7) is 3.94. The van der Waals surface area contributed by atoms with Crippen LogP contribution in [0.4, 0.5) is 5.69 Å². The minimum Gasteiger partial charge on any atom is -0.495 e. The van der Waals surface area contributed by atoms with Crippen molar-refractivity contribution in [1.82, 2.24) is 15.0 Å². The summed E-state index contributed by atoms with van der Waals surface area (Å²) in [6, 6.07) is 8.34. The number of aromatic nitrogens is 3. The van der Waals surface area contributed by atoms with Gasteiger partial charge in [0.1, 0.15) is 5.75 Å². The predicted octanol–water partition coefficient (Wildman–Crippen LogP) is 3.28. The highest BCUT2D eigenvalue weighted by Crippen LogP contribution is 2.40. The Morgan fingerprint density at radius 3 is 2.24 bits per heavy atom. The fourth-order valence-corrected chi connectivity index (χ4v) is 3.51. The highest BCUT2D eigenvalue weighted by atomic mass is 16.5. The molecule has 10 nitrogen and oxygen atoms in total. The molecule has 0 aliphatic rings. The minimum atomic E-state index is -0.634. The Balaban J connectivity index is 2.03. The second kappa shape index (κ2) is 10.9. The largest absolute Gasteiger partial charge is 0.495 e. The normalized spacial score (nSPS) is 12.6. The van der Waals surface area contributed by atoms with Crippen LogP contribution >= 0.6 is 0 Å². The van der Waals surface area contributed by atoms with Crippen LogP contribution in [0.3, 0.4) is 0 Å². The maximum Gasteiger partial charge on any atom is 0.241 e. The lowest BCUT2D eigenvalue weighted by Crippen LogP contribution is -2.40. The van der Waals surface area contributed by atoms with E-state index in [1.165, 1.54) is 0 Å². The zero-order valence-electron chi connectivity index (χ0n) is 20.3. The van der Waals surface area contributed by atoms with Crippen LogP contribution in [0, 0.1) is 5.92 Å². The molecule has 0 spiro atoms. The van der Waals surface area contributed by atoms with Crippen LogP contribution < -0.4 is 30.0 Å². The molecule has 0 saturated carbocycles. The summed E-state index contributed by atoms with van der Waals surface area (Å²) in [5, 5.41) is 11.2. The highest BCUT2D eigenvalue weighted by molar-refractivity contribution is 5.96. The number of carbonyl (C=O) groups is 1. The first-order valence-corrected chi connectivity index (χ1v) is 10.8. The molecule has 2 unspecified atom stereocenters. The van der Waals surface area contributed by atoms with Crippen molar-refractivity contribution in [3.05, 3.63) is 36.5 Å². The predicted molar refractivity (Wildman–Crippen MR) is 129 cm³/mol. The van der Waals surface area contributed by atoms with Crippen molar-refractivity contribution < 1.29 is 23.7 Å². The standard InChI is InChI=1S/C24H31N5O5/c1-7-14(2)22(25)24(30)27-17-10-15(8-9-19(17)31-3)18-13-26-28-29(18)16-11-20(32-4)23(34-6)21(12-16)33-5/h8-14,22H,7,25H2,1-6H3,(H,27,30). The number of anilines is 1. The van der Waals surface area contributed by atoms with Gasteiger partial charge in [-0.25, -0.2) is 4.68 Å². The highest BCUT2D eigenvalue weighted by Gasteiger charge is 2.22. The lowest BCUT2D eigenvalue weighted by molar-refractivity contribution is -0.118. The second-order valence-electron chi connectivity index (χ2n) is 7.73. The first-order chi connectivity index (χ1) is 16.4. The molecule has 0 aliphatic carbocycles. The summed E-state index contributed by atoms with van der Waals surface area (Å²) in [5.41, 5.74) is 8.70. The summed E-state index contributed by atoms with van der Waals surface area (Å²) in [4.78, 5) is 12.7. The topological polar surface area (TPSA) is 123 Å². The van der Waals surface area contributed by atoms with Crippen molar-refractivity contribution >= 4 is 11.6 Å². The number of amides is 1. The zero-order chi connectivity index (χ0) is 24.8. The monoisotopic (exact) mass is 469 g/mol. The molecule has 0 aliphatic heterocycles.